The molecule has 0 bridgehead atoms. The van der Waals surface area contributed by atoms with Crippen LogP contribution in [0.2, 0.25) is 0 Å². The second-order valence-corrected chi connectivity index (χ2v) is 6.90. The lowest BCUT2D eigenvalue weighted by Gasteiger charge is -2.36. The van der Waals surface area contributed by atoms with Crippen LogP contribution in [0.15, 0.2) is 46.9 Å². The van der Waals surface area contributed by atoms with Crippen molar-refractivity contribution in [2.75, 3.05) is 31.1 Å². The van der Waals surface area contributed by atoms with Crippen molar-refractivity contribution in [2.24, 2.45) is 0 Å². The Labute approximate surface area is 161 Å². The van der Waals surface area contributed by atoms with Crippen LogP contribution in [0.3, 0.4) is 0 Å². The molecule has 5 nitrogen and oxygen atoms in total. The Balaban J connectivity index is 1.44. The number of phenolic OH excluding ortho intramolecular Hbond substituents is 1. The molecule has 1 aromatic heterocycles. The average Bonchev–Trinajstić information content (AvgIpc) is 3.05. The van der Waals surface area contributed by atoms with E-state index in [1.165, 1.54) is 0 Å². The zero-order valence-electron chi connectivity index (χ0n) is 15.5. The van der Waals surface area contributed by atoms with Gasteiger partial charge in [0.1, 0.15) is 23.1 Å². The zero-order chi connectivity index (χ0) is 19.7. The van der Waals surface area contributed by atoms with Crippen molar-refractivity contribution in [1.29, 1.82) is 0 Å². The molecule has 1 aliphatic heterocycles. The Morgan fingerprint density at radius 2 is 1.82 bits per heavy atom. The molecule has 28 heavy (non-hydrogen) atoms. The fourth-order valence-corrected chi connectivity index (χ4v) is 3.44. The lowest BCUT2D eigenvalue weighted by molar-refractivity contribution is 0.245. The SMILES string of the molecule is Cc1oc(-c2cc(F)ccc2F)nc1CN1CCN(c2ccccc2O)CC1. The molecule has 0 unspecified atom stereocenters. The fraction of sp³-hybridized carbons (Fsp3) is 0.286. The molecule has 1 fully saturated rings. The van der Waals surface area contributed by atoms with Crippen LogP contribution in [-0.4, -0.2) is 41.2 Å². The Kier molecular flexibility index (Phi) is 5.00. The Hall–Kier alpha value is -2.93. The van der Waals surface area contributed by atoms with E-state index in [-0.39, 0.29) is 17.2 Å². The number of rotatable bonds is 4. The number of piperazine rings is 1. The molecule has 1 aliphatic rings. The Morgan fingerprint density at radius 1 is 1.07 bits per heavy atom. The molecular weight excluding hydrogens is 364 g/mol. The predicted octanol–water partition coefficient (Wildman–Crippen LogP) is 3.96. The molecule has 0 spiro atoms. The third kappa shape index (κ3) is 3.71. The smallest absolute Gasteiger partial charge is 0.229 e. The molecule has 7 heteroatoms. The van der Waals surface area contributed by atoms with Gasteiger partial charge in [0.2, 0.25) is 5.89 Å². The number of hydrogen-bond acceptors (Lipinski definition) is 5. The summed E-state index contributed by atoms with van der Waals surface area (Å²) in [6.45, 7) is 5.50. The second-order valence-electron chi connectivity index (χ2n) is 6.90. The maximum Gasteiger partial charge on any atom is 0.229 e. The van der Waals surface area contributed by atoms with Crippen molar-refractivity contribution < 1.29 is 18.3 Å². The molecule has 146 valence electrons. The Morgan fingerprint density at radius 3 is 2.57 bits per heavy atom. The largest absolute Gasteiger partial charge is 0.506 e. The van der Waals surface area contributed by atoms with E-state index >= 15 is 0 Å². The second kappa shape index (κ2) is 7.59. The van der Waals surface area contributed by atoms with E-state index in [0.29, 0.717) is 12.3 Å². The number of oxazole rings is 1. The first kappa shape index (κ1) is 18.4. The highest BCUT2D eigenvalue weighted by Crippen LogP contribution is 2.28. The number of nitrogens with zero attached hydrogens (tertiary/aromatic N) is 3. The molecule has 0 atom stereocenters. The number of aromatic nitrogens is 1. The standard InChI is InChI=1S/C21H21F2N3O2/c1-14-18(24-21(28-14)16-12-15(22)6-7-17(16)23)13-25-8-10-26(11-9-25)19-4-2-3-5-20(19)27/h2-7,12,27H,8-11,13H2,1H3. The van der Waals surface area contributed by atoms with Crippen molar-refractivity contribution in [3.8, 4) is 17.2 Å². The summed E-state index contributed by atoms with van der Waals surface area (Å²) in [5, 5.41) is 10.0. The van der Waals surface area contributed by atoms with Crippen LogP contribution in [0.4, 0.5) is 14.5 Å². The number of hydrogen-bond donors (Lipinski definition) is 1. The predicted molar refractivity (Wildman–Crippen MR) is 102 cm³/mol. The van der Waals surface area contributed by atoms with Crippen LogP contribution in [-0.2, 0) is 6.54 Å². The van der Waals surface area contributed by atoms with Crippen molar-refractivity contribution in [1.82, 2.24) is 9.88 Å². The monoisotopic (exact) mass is 385 g/mol. The third-order valence-electron chi connectivity index (χ3n) is 5.02. The van der Waals surface area contributed by atoms with Gasteiger partial charge < -0.3 is 14.4 Å². The number of benzene rings is 2. The molecule has 2 aromatic carbocycles. The minimum absolute atomic E-state index is 0.0266. The van der Waals surface area contributed by atoms with Gasteiger partial charge >= 0.3 is 0 Å². The highest BCUT2D eigenvalue weighted by atomic mass is 19.1. The van der Waals surface area contributed by atoms with Crippen LogP contribution in [0, 0.1) is 18.6 Å². The van der Waals surface area contributed by atoms with Crippen molar-refractivity contribution in [2.45, 2.75) is 13.5 Å². The minimum atomic E-state index is -0.564. The van der Waals surface area contributed by atoms with Gasteiger partial charge in [0.15, 0.2) is 0 Å². The van der Waals surface area contributed by atoms with Gasteiger partial charge in [-0.05, 0) is 37.3 Å². The summed E-state index contributed by atoms with van der Waals surface area (Å²) in [6, 6.07) is 10.5. The van der Waals surface area contributed by atoms with Gasteiger partial charge in [-0.25, -0.2) is 13.8 Å². The van der Waals surface area contributed by atoms with Crippen LogP contribution < -0.4 is 4.90 Å². The maximum absolute atomic E-state index is 14.0. The summed E-state index contributed by atoms with van der Waals surface area (Å²) >= 11 is 0. The van der Waals surface area contributed by atoms with E-state index in [9.17, 15) is 13.9 Å². The van der Waals surface area contributed by atoms with Gasteiger partial charge in [0.25, 0.3) is 0 Å². The van der Waals surface area contributed by atoms with Gasteiger partial charge in [-0.3, -0.25) is 4.90 Å². The van der Waals surface area contributed by atoms with Gasteiger partial charge in [0.05, 0.1) is 16.9 Å². The van der Waals surface area contributed by atoms with Gasteiger partial charge in [-0.1, -0.05) is 12.1 Å². The minimum Gasteiger partial charge on any atom is -0.506 e. The maximum atomic E-state index is 14.0. The normalized spacial score (nSPS) is 15.2. The average molecular weight is 385 g/mol. The molecule has 1 saturated heterocycles. The first-order chi connectivity index (χ1) is 13.5. The van der Waals surface area contributed by atoms with E-state index in [2.05, 4.69) is 14.8 Å². The summed E-state index contributed by atoms with van der Waals surface area (Å²) in [7, 11) is 0. The van der Waals surface area contributed by atoms with Crippen LogP contribution in [0.1, 0.15) is 11.5 Å². The highest BCUT2D eigenvalue weighted by Gasteiger charge is 2.22. The molecule has 3 aromatic rings. The number of halogens is 2. The number of aryl methyl sites for hydroxylation is 1. The molecule has 0 saturated carbocycles. The quantitative estimate of drug-likeness (QED) is 0.737. The molecule has 2 heterocycles. The van der Waals surface area contributed by atoms with E-state index in [4.69, 9.17) is 4.42 Å². The summed E-state index contributed by atoms with van der Waals surface area (Å²) < 4.78 is 33.0. The van der Waals surface area contributed by atoms with Crippen LogP contribution in [0.5, 0.6) is 5.75 Å². The van der Waals surface area contributed by atoms with Crippen LogP contribution in [0.25, 0.3) is 11.5 Å². The first-order valence-corrected chi connectivity index (χ1v) is 9.18. The number of anilines is 1. The highest BCUT2D eigenvalue weighted by molar-refractivity contribution is 5.58. The van der Waals surface area contributed by atoms with Gasteiger partial charge in [-0.15, -0.1) is 0 Å². The van der Waals surface area contributed by atoms with Crippen molar-refractivity contribution >= 4 is 5.69 Å². The molecule has 0 aliphatic carbocycles. The summed E-state index contributed by atoms with van der Waals surface area (Å²) in [6.07, 6.45) is 0. The fourth-order valence-electron chi connectivity index (χ4n) is 3.44. The topological polar surface area (TPSA) is 52.7 Å². The van der Waals surface area contributed by atoms with E-state index in [1.807, 2.05) is 18.2 Å². The van der Waals surface area contributed by atoms with E-state index < -0.39 is 11.6 Å². The summed E-state index contributed by atoms with van der Waals surface area (Å²) in [5.41, 5.74) is 1.58. The molecule has 0 amide bonds. The lowest BCUT2D eigenvalue weighted by atomic mass is 10.2. The third-order valence-corrected chi connectivity index (χ3v) is 5.02. The molecule has 1 N–H and O–H groups in total. The van der Waals surface area contributed by atoms with Gasteiger partial charge in [0, 0.05) is 32.7 Å². The van der Waals surface area contributed by atoms with Crippen molar-refractivity contribution in [3.63, 3.8) is 0 Å². The van der Waals surface area contributed by atoms with Crippen molar-refractivity contribution in [3.05, 3.63) is 65.6 Å². The van der Waals surface area contributed by atoms with Crippen LogP contribution >= 0.6 is 0 Å². The molecule has 0 radical (unpaired) electrons. The summed E-state index contributed by atoms with van der Waals surface area (Å²) in [4.78, 5) is 8.78. The van der Waals surface area contributed by atoms with Gasteiger partial charge in [-0.2, -0.15) is 0 Å². The number of aromatic hydroxyl groups is 1. The van der Waals surface area contributed by atoms with E-state index in [0.717, 1.165) is 55.8 Å². The van der Waals surface area contributed by atoms with E-state index in [1.54, 1.807) is 13.0 Å². The lowest BCUT2D eigenvalue weighted by Crippen LogP contribution is -2.46. The zero-order valence-corrected chi connectivity index (χ0v) is 15.5. The summed E-state index contributed by atoms with van der Waals surface area (Å²) in [5.74, 6) is -0.122. The number of phenols is 1. The Bertz CT molecular complexity index is 982. The molecular formula is C21H21F2N3O2. The first-order valence-electron chi connectivity index (χ1n) is 9.18. The molecule has 4 rings (SSSR count). The number of para-hydroxylation sites is 2.